The minimum atomic E-state index is 0.292. The number of nitrogens with zero attached hydrogens (tertiary/aromatic N) is 1. The largest absolute Gasteiger partial charge is 0.364 e. The molecule has 0 aliphatic carbocycles. The zero-order valence-electron chi connectivity index (χ0n) is 5.39. The van der Waals surface area contributed by atoms with Crippen molar-refractivity contribution < 1.29 is 0 Å². The molecular formula is C7H7ClN2. The Bertz CT molecular complexity index is 212. The van der Waals surface area contributed by atoms with Gasteiger partial charge in [-0.05, 0) is 6.20 Å². The first-order valence-corrected chi connectivity index (χ1v) is 3.51. The quantitative estimate of drug-likeness (QED) is 0.459. The first kappa shape index (κ1) is 7.17. The Hall–Kier alpha value is -0.940. The maximum absolute atomic E-state index is 8.53. The molecule has 2 nitrogen and oxygen atoms in total. The molecule has 1 rings (SSSR count). The van der Waals surface area contributed by atoms with Crippen LogP contribution in [0.5, 0.6) is 0 Å². The molecule has 0 saturated heterocycles. The molecule has 52 valence electrons. The zero-order valence-corrected chi connectivity index (χ0v) is 6.15. The lowest BCUT2D eigenvalue weighted by Crippen LogP contribution is -2.02. The van der Waals surface area contributed by atoms with E-state index in [9.17, 15) is 0 Å². The van der Waals surface area contributed by atoms with Gasteiger partial charge in [0.1, 0.15) is 0 Å². The van der Waals surface area contributed by atoms with Crippen molar-refractivity contribution in [3.63, 3.8) is 0 Å². The number of hydrogen-bond donors (Lipinski definition) is 1. The molecular weight excluding hydrogens is 148 g/mol. The van der Waals surface area contributed by atoms with Gasteiger partial charge in [0.15, 0.2) is 0 Å². The summed E-state index contributed by atoms with van der Waals surface area (Å²) in [5.41, 5.74) is 1.56. The average Bonchev–Trinajstić information content (AvgIpc) is 2.43. The Morgan fingerprint density at radius 3 is 3.10 bits per heavy atom. The number of nitrogens with one attached hydrogen (secondary N) is 1. The highest BCUT2D eigenvalue weighted by Crippen LogP contribution is 2.11. The molecule has 0 amide bonds. The Morgan fingerprint density at radius 1 is 1.90 bits per heavy atom. The van der Waals surface area contributed by atoms with Gasteiger partial charge in [0, 0.05) is 12.1 Å². The van der Waals surface area contributed by atoms with Crippen LogP contribution < -0.4 is 5.32 Å². The highest BCUT2D eigenvalue weighted by atomic mass is 35.5. The molecule has 0 atom stereocenters. The van der Waals surface area contributed by atoms with Crippen LogP contribution in [-0.2, 0) is 0 Å². The van der Waals surface area contributed by atoms with Crippen molar-refractivity contribution in [3.05, 3.63) is 23.5 Å². The summed E-state index contributed by atoms with van der Waals surface area (Å²) in [6, 6.07) is 2.04. The van der Waals surface area contributed by atoms with E-state index in [0.29, 0.717) is 11.5 Å². The Labute approximate surface area is 64.8 Å². The molecule has 0 saturated carbocycles. The molecule has 0 spiro atoms. The molecule has 3 heteroatoms. The van der Waals surface area contributed by atoms with E-state index < -0.39 is 0 Å². The third kappa shape index (κ3) is 1.31. The first-order valence-electron chi connectivity index (χ1n) is 2.98. The van der Waals surface area contributed by atoms with E-state index >= 15 is 0 Å². The maximum Gasteiger partial charge on any atom is 0.0978 e. The zero-order chi connectivity index (χ0) is 7.40. The van der Waals surface area contributed by atoms with Gasteiger partial charge in [-0.15, -0.1) is 11.6 Å². The number of alkyl halides is 1. The van der Waals surface area contributed by atoms with Gasteiger partial charge in [-0.1, -0.05) is 6.08 Å². The Kier molecular flexibility index (Phi) is 2.35. The topological polar surface area (TPSA) is 35.8 Å². The van der Waals surface area contributed by atoms with E-state index in [4.69, 9.17) is 16.9 Å². The van der Waals surface area contributed by atoms with Crippen LogP contribution in [0, 0.1) is 11.3 Å². The van der Waals surface area contributed by atoms with E-state index in [1.165, 1.54) is 0 Å². The molecule has 0 radical (unpaired) electrons. The fraction of sp³-hybridized carbons (Fsp3) is 0.286. The monoisotopic (exact) mass is 154 g/mol. The lowest BCUT2D eigenvalue weighted by molar-refractivity contribution is 1.04. The molecule has 1 aliphatic rings. The number of nitriles is 1. The molecule has 1 N–H and O–H groups in total. The van der Waals surface area contributed by atoms with Gasteiger partial charge < -0.3 is 5.32 Å². The first-order chi connectivity index (χ1) is 4.88. The Balaban J connectivity index is 2.75. The van der Waals surface area contributed by atoms with Crippen molar-refractivity contribution in [1.29, 1.82) is 5.26 Å². The van der Waals surface area contributed by atoms with E-state index in [1.807, 2.05) is 18.3 Å². The van der Waals surface area contributed by atoms with Gasteiger partial charge >= 0.3 is 0 Å². The van der Waals surface area contributed by atoms with Crippen LogP contribution in [0.15, 0.2) is 23.5 Å². The lowest BCUT2D eigenvalue weighted by atomic mass is 10.2. The van der Waals surface area contributed by atoms with E-state index in [2.05, 4.69) is 5.32 Å². The third-order valence-electron chi connectivity index (χ3n) is 1.33. The highest BCUT2D eigenvalue weighted by molar-refractivity contribution is 6.19. The van der Waals surface area contributed by atoms with Gasteiger partial charge in [-0.2, -0.15) is 5.26 Å². The van der Waals surface area contributed by atoms with Crippen LogP contribution in [0.3, 0.4) is 0 Å². The second-order valence-electron chi connectivity index (χ2n) is 1.95. The molecule has 0 aromatic rings. The number of hydrogen-bond acceptors (Lipinski definition) is 2. The standard InChI is InChI=1S/C7H7ClN2/c8-4-6(5-9)7-2-1-3-10-7/h1,3,10H,2,4H2/b7-6-. The molecule has 0 unspecified atom stereocenters. The fourth-order valence-electron chi connectivity index (χ4n) is 0.784. The number of halogens is 1. The molecule has 10 heavy (non-hydrogen) atoms. The van der Waals surface area contributed by atoms with Gasteiger partial charge in [-0.25, -0.2) is 0 Å². The van der Waals surface area contributed by atoms with Crippen LogP contribution >= 0.6 is 11.6 Å². The van der Waals surface area contributed by atoms with Crippen molar-refractivity contribution in [1.82, 2.24) is 5.32 Å². The van der Waals surface area contributed by atoms with Crippen molar-refractivity contribution in [2.75, 3.05) is 5.88 Å². The number of allylic oxidation sites excluding steroid dienone is 2. The summed E-state index contributed by atoms with van der Waals surface area (Å²) in [7, 11) is 0. The maximum atomic E-state index is 8.53. The molecule has 1 heterocycles. The van der Waals surface area contributed by atoms with Crippen molar-refractivity contribution in [2.24, 2.45) is 0 Å². The van der Waals surface area contributed by atoms with Crippen LogP contribution in [0.25, 0.3) is 0 Å². The van der Waals surface area contributed by atoms with Crippen LogP contribution in [0.1, 0.15) is 6.42 Å². The summed E-state index contributed by atoms with van der Waals surface area (Å²) in [5.74, 6) is 0.292. The van der Waals surface area contributed by atoms with Gasteiger partial charge in [0.2, 0.25) is 0 Å². The minimum absolute atomic E-state index is 0.292. The predicted molar refractivity (Wildman–Crippen MR) is 40.3 cm³/mol. The minimum Gasteiger partial charge on any atom is -0.364 e. The SMILES string of the molecule is N#C/C(CCl)=C1/CC=CN1. The summed E-state index contributed by atoms with van der Waals surface area (Å²) in [6.45, 7) is 0. The Morgan fingerprint density at radius 2 is 2.70 bits per heavy atom. The molecule has 0 bridgehead atoms. The molecule has 0 fully saturated rings. The second-order valence-corrected chi connectivity index (χ2v) is 2.22. The number of rotatable bonds is 1. The van der Waals surface area contributed by atoms with Crippen LogP contribution in [0.2, 0.25) is 0 Å². The van der Waals surface area contributed by atoms with E-state index in [-0.39, 0.29) is 0 Å². The normalized spacial score (nSPS) is 20.0. The summed E-state index contributed by atoms with van der Waals surface area (Å²) in [6.07, 6.45) is 4.58. The van der Waals surface area contributed by atoms with Crippen molar-refractivity contribution in [2.45, 2.75) is 6.42 Å². The highest BCUT2D eigenvalue weighted by Gasteiger charge is 2.05. The smallest absolute Gasteiger partial charge is 0.0978 e. The summed E-state index contributed by atoms with van der Waals surface area (Å²) in [4.78, 5) is 0. The third-order valence-corrected chi connectivity index (χ3v) is 1.60. The van der Waals surface area contributed by atoms with Crippen LogP contribution in [0.4, 0.5) is 0 Å². The van der Waals surface area contributed by atoms with Crippen molar-refractivity contribution in [3.8, 4) is 6.07 Å². The van der Waals surface area contributed by atoms with E-state index in [0.717, 1.165) is 12.1 Å². The predicted octanol–water partition coefficient (Wildman–Crippen LogP) is 1.51. The van der Waals surface area contributed by atoms with Gasteiger partial charge in [0.05, 0.1) is 17.5 Å². The van der Waals surface area contributed by atoms with Crippen molar-refractivity contribution >= 4 is 11.6 Å². The lowest BCUT2D eigenvalue weighted by Gasteiger charge is -1.98. The average molecular weight is 155 g/mol. The fourth-order valence-corrected chi connectivity index (χ4v) is 1.00. The summed E-state index contributed by atoms with van der Waals surface area (Å²) in [5, 5.41) is 11.5. The molecule has 1 aliphatic heterocycles. The second kappa shape index (κ2) is 3.28. The van der Waals surface area contributed by atoms with Gasteiger partial charge in [0.25, 0.3) is 0 Å². The van der Waals surface area contributed by atoms with Crippen LogP contribution in [-0.4, -0.2) is 5.88 Å². The van der Waals surface area contributed by atoms with E-state index in [1.54, 1.807) is 0 Å². The van der Waals surface area contributed by atoms with Gasteiger partial charge in [-0.3, -0.25) is 0 Å². The molecule has 0 aromatic heterocycles. The summed E-state index contributed by atoms with van der Waals surface area (Å²) >= 11 is 5.50. The summed E-state index contributed by atoms with van der Waals surface area (Å²) < 4.78 is 0. The molecule has 0 aromatic carbocycles.